The molecule has 0 aromatic carbocycles. The predicted octanol–water partition coefficient (Wildman–Crippen LogP) is 1.91. The molecule has 0 bridgehead atoms. The van der Waals surface area contributed by atoms with Crippen molar-refractivity contribution in [2.24, 2.45) is 17.8 Å². The SMILES string of the molecule is CC(C)COCCOCCCOCCn1cc(CN2C(=O)CC(C(C)C)C2=O)nn1. The van der Waals surface area contributed by atoms with Crippen molar-refractivity contribution in [2.75, 3.05) is 39.6 Å². The molecule has 0 N–H and O–H groups in total. The van der Waals surface area contributed by atoms with Crippen LogP contribution in [-0.4, -0.2) is 71.3 Å². The summed E-state index contributed by atoms with van der Waals surface area (Å²) in [6.45, 7) is 12.7. The minimum Gasteiger partial charge on any atom is -0.379 e. The second-order valence-corrected chi connectivity index (χ2v) is 8.39. The quantitative estimate of drug-likeness (QED) is 0.313. The number of imide groups is 1. The molecule has 1 aromatic heterocycles. The van der Waals surface area contributed by atoms with Gasteiger partial charge in [-0.3, -0.25) is 14.5 Å². The monoisotopic (exact) mass is 424 g/mol. The molecule has 0 spiro atoms. The van der Waals surface area contributed by atoms with Gasteiger partial charge in [0.2, 0.25) is 11.8 Å². The number of nitrogens with zero attached hydrogens (tertiary/aromatic N) is 4. The first-order valence-electron chi connectivity index (χ1n) is 10.8. The van der Waals surface area contributed by atoms with Crippen LogP contribution in [0, 0.1) is 17.8 Å². The fraction of sp³-hybridized carbons (Fsp3) is 0.810. The summed E-state index contributed by atoms with van der Waals surface area (Å²) in [7, 11) is 0. The van der Waals surface area contributed by atoms with Gasteiger partial charge in [-0.25, -0.2) is 4.68 Å². The van der Waals surface area contributed by atoms with E-state index in [4.69, 9.17) is 14.2 Å². The van der Waals surface area contributed by atoms with Gasteiger partial charge in [0.25, 0.3) is 0 Å². The Morgan fingerprint density at radius 3 is 2.40 bits per heavy atom. The van der Waals surface area contributed by atoms with E-state index < -0.39 is 0 Å². The molecule has 1 saturated heterocycles. The normalized spacial score (nSPS) is 17.1. The molecule has 9 nitrogen and oxygen atoms in total. The predicted molar refractivity (Wildman–Crippen MR) is 110 cm³/mol. The topological polar surface area (TPSA) is 95.8 Å². The van der Waals surface area contributed by atoms with Crippen molar-refractivity contribution in [1.29, 1.82) is 0 Å². The molecule has 1 aliphatic heterocycles. The summed E-state index contributed by atoms with van der Waals surface area (Å²) in [6.07, 6.45) is 2.86. The standard InChI is InChI=1S/C21H36N4O5/c1-16(2)15-30-11-10-29-8-5-7-28-9-6-24-13-18(22-23-24)14-25-20(26)12-19(17(3)4)21(25)27/h13,16-17,19H,5-12,14-15H2,1-4H3. The van der Waals surface area contributed by atoms with Gasteiger partial charge >= 0.3 is 0 Å². The average molecular weight is 425 g/mol. The highest BCUT2D eigenvalue weighted by molar-refractivity contribution is 6.03. The largest absolute Gasteiger partial charge is 0.379 e. The number of amides is 2. The summed E-state index contributed by atoms with van der Waals surface area (Å²) in [6, 6.07) is 0. The van der Waals surface area contributed by atoms with E-state index in [1.165, 1.54) is 4.90 Å². The lowest BCUT2D eigenvalue weighted by molar-refractivity contribution is -0.140. The van der Waals surface area contributed by atoms with Crippen LogP contribution in [0.15, 0.2) is 6.20 Å². The second-order valence-electron chi connectivity index (χ2n) is 8.39. The summed E-state index contributed by atoms with van der Waals surface area (Å²) < 4.78 is 18.2. The van der Waals surface area contributed by atoms with Gasteiger partial charge < -0.3 is 14.2 Å². The van der Waals surface area contributed by atoms with E-state index in [0.717, 1.165) is 13.0 Å². The third-order valence-electron chi connectivity index (χ3n) is 4.86. The van der Waals surface area contributed by atoms with Gasteiger partial charge in [-0.1, -0.05) is 32.9 Å². The summed E-state index contributed by atoms with van der Waals surface area (Å²) in [4.78, 5) is 25.8. The fourth-order valence-corrected chi connectivity index (χ4v) is 3.14. The van der Waals surface area contributed by atoms with Crippen LogP contribution in [0.3, 0.4) is 0 Å². The molecular formula is C21H36N4O5. The van der Waals surface area contributed by atoms with Crippen molar-refractivity contribution >= 4 is 11.8 Å². The number of carbonyl (C=O) groups excluding carboxylic acids is 2. The van der Waals surface area contributed by atoms with Crippen molar-refractivity contribution in [3.05, 3.63) is 11.9 Å². The summed E-state index contributed by atoms with van der Waals surface area (Å²) >= 11 is 0. The van der Waals surface area contributed by atoms with Gasteiger partial charge in [0.1, 0.15) is 5.69 Å². The Morgan fingerprint density at radius 2 is 1.73 bits per heavy atom. The van der Waals surface area contributed by atoms with E-state index in [9.17, 15) is 9.59 Å². The molecule has 2 rings (SSSR count). The van der Waals surface area contributed by atoms with E-state index in [1.54, 1.807) is 10.9 Å². The number of hydrogen-bond acceptors (Lipinski definition) is 7. The second kappa shape index (κ2) is 12.8. The van der Waals surface area contributed by atoms with Gasteiger partial charge in [0, 0.05) is 32.2 Å². The first kappa shape index (κ1) is 24.4. The van der Waals surface area contributed by atoms with Crippen molar-refractivity contribution < 1.29 is 23.8 Å². The Balaban J connectivity index is 1.55. The molecule has 0 saturated carbocycles. The highest BCUT2D eigenvalue weighted by Gasteiger charge is 2.40. The fourth-order valence-electron chi connectivity index (χ4n) is 3.14. The lowest BCUT2D eigenvalue weighted by Gasteiger charge is -2.14. The molecular weight excluding hydrogens is 388 g/mol. The number of carbonyl (C=O) groups is 2. The van der Waals surface area contributed by atoms with Crippen molar-refractivity contribution in [1.82, 2.24) is 19.9 Å². The zero-order valence-corrected chi connectivity index (χ0v) is 18.7. The Kier molecular flexibility index (Phi) is 10.4. The van der Waals surface area contributed by atoms with Crippen LogP contribution in [0.25, 0.3) is 0 Å². The summed E-state index contributed by atoms with van der Waals surface area (Å²) in [5.41, 5.74) is 0.606. The molecule has 1 unspecified atom stereocenters. The smallest absolute Gasteiger partial charge is 0.233 e. The van der Waals surface area contributed by atoms with Gasteiger partial charge in [0.15, 0.2) is 0 Å². The molecule has 0 aliphatic carbocycles. The van der Waals surface area contributed by atoms with Gasteiger partial charge in [0.05, 0.1) is 39.1 Å². The average Bonchev–Trinajstić information content (AvgIpc) is 3.25. The summed E-state index contributed by atoms with van der Waals surface area (Å²) in [5, 5.41) is 8.12. The lowest BCUT2D eigenvalue weighted by atomic mass is 9.94. The van der Waals surface area contributed by atoms with Gasteiger partial charge in [-0.15, -0.1) is 5.10 Å². The maximum atomic E-state index is 12.4. The van der Waals surface area contributed by atoms with E-state index in [-0.39, 0.29) is 36.6 Å². The first-order chi connectivity index (χ1) is 14.4. The molecule has 1 fully saturated rings. The molecule has 2 amide bonds. The van der Waals surface area contributed by atoms with E-state index >= 15 is 0 Å². The maximum Gasteiger partial charge on any atom is 0.233 e. The molecule has 1 aromatic rings. The maximum absolute atomic E-state index is 12.4. The Bertz CT molecular complexity index is 662. The zero-order valence-electron chi connectivity index (χ0n) is 18.7. The molecule has 9 heteroatoms. The van der Waals surface area contributed by atoms with Gasteiger partial charge in [-0.2, -0.15) is 0 Å². The number of hydrogen-bond donors (Lipinski definition) is 0. The zero-order chi connectivity index (χ0) is 21.9. The third-order valence-corrected chi connectivity index (χ3v) is 4.86. The van der Waals surface area contributed by atoms with Crippen LogP contribution in [0.5, 0.6) is 0 Å². The van der Waals surface area contributed by atoms with Crippen molar-refractivity contribution in [3.63, 3.8) is 0 Å². The van der Waals surface area contributed by atoms with E-state index in [1.807, 2.05) is 13.8 Å². The molecule has 1 aliphatic rings. The number of likely N-dealkylation sites (tertiary alicyclic amines) is 1. The number of rotatable bonds is 15. The number of aromatic nitrogens is 3. The van der Waals surface area contributed by atoms with Crippen LogP contribution in [0.4, 0.5) is 0 Å². The number of ether oxygens (including phenoxy) is 3. The minimum atomic E-state index is -0.225. The van der Waals surface area contributed by atoms with Crippen LogP contribution >= 0.6 is 0 Å². The first-order valence-corrected chi connectivity index (χ1v) is 10.8. The Morgan fingerprint density at radius 1 is 1.03 bits per heavy atom. The van der Waals surface area contributed by atoms with Crippen molar-refractivity contribution in [3.8, 4) is 0 Å². The third kappa shape index (κ3) is 8.12. The highest BCUT2D eigenvalue weighted by Crippen LogP contribution is 2.27. The molecule has 1 atom stereocenters. The van der Waals surface area contributed by atoms with Crippen molar-refractivity contribution in [2.45, 2.75) is 53.6 Å². The van der Waals surface area contributed by atoms with E-state index in [2.05, 4.69) is 24.2 Å². The van der Waals surface area contributed by atoms with Crippen LogP contribution in [0.2, 0.25) is 0 Å². The summed E-state index contributed by atoms with van der Waals surface area (Å²) in [5.74, 6) is 0.231. The minimum absolute atomic E-state index is 0.110. The highest BCUT2D eigenvalue weighted by atomic mass is 16.5. The molecule has 0 radical (unpaired) electrons. The lowest BCUT2D eigenvalue weighted by Crippen LogP contribution is -2.31. The Labute approximate surface area is 179 Å². The molecule has 2 heterocycles. The molecule has 170 valence electrons. The van der Waals surface area contributed by atoms with Crippen LogP contribution in [0.1, 0.15) is 46.2 Å². The van der Waals surface area contributed by atoms with Gasteiger partial charge in [-0.05, 0) is 18.3 Å². The molecule has 30 heavy (non-hydrogen) atoms. The Hall–Kier alpha value is -1.84. The van der Waals surface area contributed by atoms with Crippen LogP contribution < -0.4 is 0 Å². The van der Waals surface area contributed by atoms with E-state index in [0.29, 0.717) is 51.2 Å². The van der Waals surface area contributed by atoms with Crippen LogP contribution in [-0.2, 0) is 36.9 Å².